The highest BCUT2D eigenvalue weighted by molar-refractivity contribution is 5.94. The molecule has 6 heteroatoms. The van der Waals surface area contributed by atoms with Crippen LogP contribution >= 0.6 is 0 Å². The number of ether oxygens (including phenoxy) is 1. The van der Waals surface area contributed by atoms with Gasteiger partial charge in [-0.15, -0.1) is 0 Å². The molecule has 0 heterocycles. The fourth-order valence-electron chi connectivity index (χ4n) is 0.731. The number of carbonyl (C=O) groups is 3. The minimum Gasteiger partial charge on any atom is -0.466 e. The molecule has 0 aliphatic rings. The van der Waals surface area contributed by atoms with Gasteiger partial charge in [0.05, 0.1) is 6.61 Å². The fourth-order valence-corrected chi connectivity index (χ4v) is 0.731. The molecular weight excluding hydrogens is 188 g/mol. The highest BCUT2D eigenvalue weighted by atomic mass is 16.5. The first-order chi connectivity index (χ1) is 6.56. The van der Waals surface area contributed by atoms with Crippen LogP contribution in [-0.2, 0) is 19.1 Å². The van der Waals surface area contributed by atoms with Gasteiger partial charge < -0.3 is 15.8 Å². The van der Waals surface area contributed by atoms with Crippen molar-refractivity contribution in [1.82, 2.24) is 5.32 Å². The fraction of sp³-hybridized carbons (Fsp3) is 0.625. The van der Waals surface area contributed by atoms with Crippen LogP contribution in [0.1, 0.15) is 19.8 Å². The molecule has 0 aliphatic carbocycles. The Bertz CT molecular complexity index is 227. The third-order valence-electron chi connectivity index (χ3n) is 1.30. The molecule has 0 saturated carbocycles. The largest absolute Gasteiger partial charge is 0.466 e. The lowest BCUT2D eigenvalue weighted by Gasteiger charge is -2.03. The van der Waals surface area contributed by atoms with Crippen molar-refractivity contribution in [3.8, 4) is 0 Å². The molecule has 0 unspecified atom stereocenters. The van der Waals surface area contributed by atoms with Crippen LogP contribution in [0.2, 0.25) is 0 Å². The van der Waals surface area contributed by atoms with E-state index in [9.17, 15) is 14.4 Å². The van der Waals surface area contributed by atoms with E-state index in [1.165, 1.54) is 0 Å². The number of primary amides is 1. The van der Waals surface area contributed by atoms with Crippen LogP contribution in [0.15, 0.2) is 0 Å². The van der Waals surface area contributed by atoms with Gasteiger partial charge in [0, 0.05) is 13.0 Å². The Morgan fingerprint density at radius 2 is 2.00 bits per heavy atom. The molecule has 0 saturated heterocycles. The highest BCUT2D eigenvalue weighted by Gasteiger charge is 2.09. The zero-order valence-corrected chi connectivity index (χ0v) is 8.04. The van der Waals surface area contributed by atoms with Crippen molar-refractivity contribution in [2.24, 2.45) is 5.73 Å². The summed E-state index contributed by atoms with van der Waals surface area (Å²) >= 11 is 0. The van der Waals surface area contributed by atoms with Crippen molar-refractivity contribution in [2.75, 3.05) is 13.2 Å². The molecule has 0 aromatic heterocycles. The quantitative estimate of drug-likeness (QED) is 0.423. The minimum absolute atomic E-state index is 0.0641. The molecule has 0 aliphatic heterocycles. The molecule has 0 bridgehead atoms. The number of hydrogen-bond acceptors (Lipinski definition) is 4. The molecule has 14 heavy (non-hydrogen) atoms. The summed E-state index contributed by atoms with van der Waals surface area (Å²) in [4.78, 5) is 32.0. The molecule has 6 nitrogen and oxygen atoms in total. The molecule has 0 rings (SSSR count). The van der Waals surface area contributed by atoms with Gasteiger partial charge in [0.1, 0.15) is 6.42 Å². The minimum atomic E-state index is -0.580. The number of hydrogen-bond donors (Lipinski definition) is 2. The van der Waals surface area contributed by atoms with Crippen molar-refractivity contribution >= 4 is 17.8 Å². The zero-order valence-electron chi connectivity index (χ0n) is 8.04. The van der Waals surface area contributed by atoms with Crippen molar-refractivity contribution in [3.63, 3.8) is 0 Å². The highest BCUT2D eigenvalue weighted by Crippen LogP contribution is 1.86. The van der Waals surface area contributed by atoms with Gasteiger partial charge in [-0.2, -0.15) is 0 Å². The Morgan fingerprint density at radius 3 is 2.50 bits per heavy atom. The first-order valence-corrected chi connectivity index (χ1v) is 4.27. The summed E-state index contributed by atoms with van der Waals surface area (Å²) in [5.74, 6) is -1.55. The van der Waals surface area contributed by atoms with Crippen molar-refractivity contribution < 1.29 is 19.1 Å². The molecule has 80 valence electrons. The van der Waals surface area contributed by atoms with E-state index in [4.69, 9.17) is 5.73 Å². The summed E-state index contributed by atoms with van der Waals surface area (Å²) in [7, 11) is 0. The predicted molar refractivity (Wildman–Crippen MR) is 48.1 cm³/mol. The molecule has 3 N–H and O–H groups in total. The normalized spacial score (nSPS) is 9.21. The van der Waals surface area contributed by atoms with E-state index >= 15 is 0 Å². The maximum atomic E-state index is 10.9. The van der Waals surface area contributed by atoms with Gasteiger partial charge in [-0.3, -0.25) is 14.4 Å². The smallest absolute Gasteiger partial charge is 0.315 e. The molecule has 0 fully saturated rings. The van der Waals surface area contributed by atoms with E-state index in [0.29, 0.717) is 0 Å². The third-order valence-corrected chi connectivity index (χ3v) is 1.30. The number of nitrogens with two attached hydrogens (primary N) is 1. The summed E-state index contributed by atoms with van der Waals surface area (Å²) in [6.45, 7) is 2.05. The van der Waals surface area contributed by atoms with Crippen molar-refractivity contribution in [2.45, 2.75) is 19.8 Å². The predicted octanol–water partition coefficient (Wildman–Crippen LogP) is -1.07. The summed E-state index contributed by atoms with van der Waals surface area (Å²) in [6, 6.07) is 0. The van der Waals surface area contributed by atoms with Crippen molar-refractivity contribution in [1.29, 1.82) is 0 Å². The number of rotatable bonds is 6. The maximum absolute atomic E-state index is 10.9. The van der Waals surface area contributed by atoms with Crippen LogP contribution in [0.4, 0.5) is 0 Å². The maximum Gasteiger partial charge on any atom is 0.315 e. The van der Waals surface area contributed by atoms with Gasteiger partial charge >= 0.3 is 5.97 Å². The first-order valence-electron chi connectivity index (χ1n) is 4.27. The van der Waals surface area contributed by atoms with E-state index in [0.717, 1.165) is 0 Å². The average Bonchev–Trinajstić information content (AvgIpc) is 2.03. The lowest BCUT2D eigenvalue weighted by molar-refractivity contribution is -0.145. The van der Waals surface area contributed by atoms with Gasteiger partial charge in [0.15, 0.2) is 0 Å². The summed E-state index contributed by atoms with van der Waals surface area (Å²) in [5.41, 5.74) is 4.85. The van der Waals surface area contributed by atoms with Gasteiger partial charge in [0.25, 0.3) is 0 Å². The standard InChI is InChI=1S/C8H14N2O4/c1-2-14-8(13)5-7(12)10-4-3-6(9)11/h2-5H2,1H3,(H2,9,11)(H,10,12). The molecule has 2 amide bonds. The van der Waals surface area contributed by atoms with Crippen LogP contribution in [0.25, 0.3) is 0 Å². The zero-order chi connectivity index (χ0) is 11.0. The molecule has 0 spiro atoms. The van der Waals surface area contributed by atoms with E-state index in [1.54, 1.807) is 6.92 Å². The Kier molecular flexibility index (Phi) is 6.09. The Hall–Kier alpha value is -1.59. The van der Waals surface area contributed by atoms with E-state index in [1.807, 2.05) is 0 Å². The number of nitrogens with one attached hydrogen (secondary N) is 1. The van der Waals surface area contributed by atoms with Crippen LogP contribution in [-0.4, -0.2) is 30.9 Å². The van der Waals surface area contributed by atoms with Gasteiger partial charge in [-0.05, 0) is 6.92 Å². The third kappa shape index (κ3) is 7.08. The van der Waals surface area contributed by atoms with Crippen LogP contribution in [0.5, 0.6) is 0 Å². The SMILES string of the molecule is CCOC(=O)CC(=O)NCCC(N)=O. The second-order valence-corrected chi connectivity index (χ2v) is 2.55. The number of esters is 1. The number of carbonyl (C=O) groups excluding carboxylic acids is 3. The van der Waals surface area contributed by atoms with Gasteiger partial charge in [0.2, 0.25) is 11.8 Å². The van der Waals surface area contributed by atoms with E-state index in [-0.39, 0.29) is 26.0 Å². The lowest BCUT2D eigenvalue weighted by Crippen LogP contribution is -2.29. The van der Waals surface area contributed by atoms with E-state index in [2.05, 4.69) is 10.1 Å². The van der Waals surface area contributed by atoms with Crippen LogP contribution in [0, 0.1) is 0 Å². The second-order valence-electron chi connectivity index (χ2n) is 2.55. The molecule has 0 aromatic carbocycles. The topological polar surface area (TPSA) is 98.5 Å². The second kappa shape index (κ2) is 6.88. The van der Waals surface area contributed by atoms with Gasteiger partial charge in [-0.25, -0.2) is 0 Å². The first kappa shape index (κ1) is 12.4. The molecule has 0 atom stereocenters. The molecule has 0 aromatic rings. The van der Waals surface area contributed by atoms with E-state index < -0.39 is 17.8 Å². The Labute approximate surface area is 81.8 Å². The summed E-state index contributed by atoms with van der Waals surface area (Å²) in [6.07, 6.45) is -0.263. The molecular formula is C8H14N2O4. The average molecular weight is 202 g/mol. The Balaban J connectivity index is 3.55. The van der Waals surface area contributed by atoms with Crippen LogP contribution < -0.4 is 11.1 Å². The van der Waals surface area contributed by atoms with Crippen molar-refractivity contribution in [3.05, 3.63) is 0 Å². The van der Waals surface area contributed by atoms with Crippen LogP contribution in [0.3, 0.4) is 0 Å². The molecule has 0 radical (unpaired) electrons. The Morgan fingerprint density at radius 1 is 1.36 bits per heavy atom. The summed E-state index contributed by atoms with van der Waals surface area (Å²) in [5, 5.41) is 2.36. The summed E-state index contributed by atoms with van der Waals surface area (Å²) < 4.78 is 4.55. The monoisotopic (exact) mass is 202 g/mol. The number of amides is 2. The lowest BCUT2D eigenvalue weighted by atomic mass is 10.3. The van der Waals surface area contributed by atoms with Gasteiger partial charge in [-0.1, -0.05) is 0 Å².